The molecule has 5 nitrogen and oxygen atoms in total. The molecule has 1 aromatic heterocycles. The van der Waals surface area contributed by atoms with E-state index in [1.54, 1.807) is 23.0 Å². The van der Waals surface area contributed by atoms with Crippen molar-refractivity contribution >= 4 is 23.4 Å². The molecule has 0 atom stereocenters. The summed E-state index contributed by atoms with van der Waals surface area (Å²) in [5.41, 5.74) is 1.58. The highest BCUT2D eigenvalue weighted by Crippen LogP contribution is 2.31. The number of aromatic nitrogens is 2. The van der Waals surface area contributed by atoms with Crippen LogP contribution in [0.2, 0.25) is 5.02 Å². The third kappa shape index (κ3) is 3.57. The highest BCUT2D eigenvalue weighted by molar-refractivity contribution is 7.98. The number of rotatable bonds is 4. The number of hydrogen-bond acceptors (Lipinski definition) is 5. The van der Waals surface area contributed by atoms with Crippen LogP contribution in [0.15, 0.2) is 64.7 Å². The molecule has 3 aromatic rings. The van der Waals surface area contributed by atoms with Gasteiger partial charge >= 0.3 is 0 Å². The maximum absolute atomic E-state index is 12.8. The molecule has 2 heterocycles. The van der Waals surface area contributed by atoms with E-state index in [0.29, 0.717) is 46.2 Å². The first kappa shape index (κ1) is 17.0. The Morgan fingerprint density at radius 3 is 2.81 bits per heavy atom. The second kappa shape index (κ2) is 7.43. The minimum atomic E-state index is -0.170. The zero-order chi connectivity index (χ0) is 17.9. The van der Waals surface area contributed by atoms with Gasteiger partial charge in [0.1, 0.15) is 13.2 Å². The fourth-order valence-corrected chi connectivity index (χ4v) is 3.71. The number of hydrogen-bond donors (Lipinski definition) is 0. The third-order valence-electron chi connectivity index (χ3n) is 3.88. The van der Waals surface area contributed by atoms with Crippen molar-refractivity contribution in [1.29, 1.82) is 0 Å². The summed E-state index contributed by atoms with van der Waals surface area (Å²) >= 11 is 7.40. The Kier molecular flexibility index (Phi) is 4.86. The van der Waals surface area contributed by atoms with E-state index >= 15 is 0 Å². The topological polar surface area (TPSA) is 53.4 Å². The van der Waals surface area contributed by atoms with Crippen LogP contribution in [0.25, 0.3) is 5.69 Å². The number of nitrogens with zero attached hydrogens (tertiary/aromatic N) is 2. The van der Waals surface area contributed by atoms with Gasteiger partial charge < -0.3 is 9.47 Å². The number of fused-ring (bicyclic) bond motifs is 1. The van der Waals surface area contributed by atoms with Crippen LogP contribution in [0.4, 0.5) is 0 Å². The summed E-state index contributed by atoms with van der Waals surface area (Å²) in [6.45, 7) is 1.04. The van der Waals surface area contributed by atoms with Crippen molar-refractivity contribution in [3.05, 3.63) is 75.8 Å². The number of thioether (sulfide) groups is 1. The molecule has 0 radical (unpaired) electrons. The first-order valence-electron chi connectivity index (χ1n) is 8.06. The van der Waals surface area contributed by atoms with Crippen LogP contribution < -0.4 is 15.0 Å². The van der Waals surface area contributed by atoms with E-state index in [9.17, 15) is 4.79 Å². The van der Waals surface area contributed by atoms with Gasteiger partial charge in [-0.1, -0.05) is 35.5 Å². The molecule has 132 valence electrons. The number of halogens is 1. The Hall–Kier alpha value is -2.44. The van der Waals surface area contributed by atoms with Gasteiger partial charge in [0.05, 0.1) is 5.69 Å². The Morgan fingerprint density at radius 1 is 1.12 bits per heavy atom. The van der Waals surface area contributed by atoms with Crippen LogP contribution in [0.3, 0.4) is 0 Å². The van der Waals surface area contributed by atoms with Crippen LogP contribution in [0, 0.1) is 0 Å². The quantitative estimate of drug-likeness (QED) is 0.635. The molecule has 7 heteroatoms. The zero-order valence-electron chi connectivity index (χ0n) is 13.7. The van der Waals surface area contributed by atoms with Crippen LogP contribution in [-0.2, 0) is 5.75 Å². The monoisotopic (exact) mass is 386 g/mol. The summed E-state index contributed by atoms with van der Waals surface area (Å²) in [6, 6.07) is 13.0. The summed E-state index contributed by atoms with van der Waals surface area (Å²) in [5, 5.41) is 1.11. The number of ether oxygens (including phenoxy) is 2. The van der Waals surface area contributed by atoms with Crippen molar-refractivity contribution in [1.82, 2.24) is 9.55 Å². The SMILES string of the molecule is O=c1c(SCc2cccc(Cl)c2)nccn1-c1ccc2c(c1)OCCO2. The van der Waals surface area contributed by atoms with Gasteiger partial charge in [0.25, 0.3) is 5.56 Å². The molecule has 0 aliphatic carbocycles. The summed E-state index contributed by atoms with van der Waals surface area (Å²) in [6.07, 6.45) is 3.27. The van der Waals surface area contributed by atoms with Gasteiger partial charge in [-0.2, -0.15) is 0 Å². The molecule has 0 bridgehead atoms. The summed E-state index contributed by atoms with van der Waals surface area (Å²) in [5.74, 6) is 1.96. The predicted octanol–water partition coefficient (Wildman–Crippen LogP) is 3.95. The van der Waals surface area contributed by atoms with Crippen molar-refractivity contribution in [3.63, 3.8) is 0 Å². The molecule has 0 saturated carbocycles. The Bertz CT molecular complexity index is 1010. The molecule has 0 N–H and O–H groups in total. The largest absolute Gasteiger partial charge is 0.486 e. The maximum atomic E-state index is 12.8. The Morgan fingerprint density at radius 2 is 1.96 bits per heavy atom. The Balaban J connectivity index is 1.60. The molecule has 0 unspecified atom stereocenters. The van der Waals surface area contributed by atoms with Crippen molar-refractivity contribution in [2.75, 3.05) is 13.2 Å². The van der Waals surface area contributed by atoms with Gasteiger partial charge in [0.15, 0.2) is 16.5 Å². The van der Waals surface area contributed by atoms with Gasteiger partial charge in [-0.05, 0) is 29.8 Å². The van der Waals surface area contributed by atoms with E-state index in [1.807, 2.05) is 36.4 Å². The predicted molar refractivity (Wildman–Crippen MR) is 102 cm³/mol. The highest BCUT2D eigenvalue weighted by atomic mass is 35.5. The number of benzene rings is 2. The van der Waals surface area contributed by atoms with Gasteiger partial charge in [-0.25, -0.2) is 4.98 Å². The van der Waals surface area contributed by atoms with Crippen LogP contribution >= 0.6 is 23.4 Å². The average Bonchev–Trinajstić information content (AvgIpc) is 2.67. The lowest BCUT2D eigenvalue weighted by molar-refractivity contribution is 0.171. The molecule has 1 aliphatic heterocycles. The van der Waals surface area contributed by atoms with Gasteiger partial charge in [-0.15, -0.1) is 0 Å². The lowest BCUT2D eigenvalue weighted by Gasteiger charge is -2.19. The van der Waals surface area contributed by atoms with Crippen LogP contribution in [-0.4, -0.2) is 22.8 Å². The van der Waals surface area contributed by atoms with Crippen molar-refractivity contribution in [3.8, 4) is 17.2 Å². The van der Waals surface area contributed by atoms with Crippen LogP contribution in [0.1, 0.15) is 5.56 Å². The molecule has 0 spiro atoms. The normalized spacial score (nSPS) is 12.8. The maximum Gasteiger partial charge on any atom is 0.287 e. The minimum absolute atomic E-state index is 0.170. The van der Waals surface area contributed by atoms with Crippen molar-refractivity contribution < 1.29 is 9.47 Å². The lowest BCUT2D eigenvalue weighted by Crippen LogP contribution is -2.21. The standard InChI is InChI=1S/C19H15ClN2O3S/c20-14-3-1-2-13(10-14)12-26-18-19(23)22(7-6-21-18)15-4-5-16-17(11-15)25-9-8-24-16/h1-7,10-11H,8-9,12H2. The highest BCUT2D eigenvalue weighted by Gasteiger charge is 2.14. The van der Waals surface area contributed by atoms with Gasteiger partial charge in [0, 0.05) is 29.2 Å². The lowest BCUT2D eigenvalue weighted by atomic mass is 10.2. The van der Waals surface area contributed by atoms with Crippen molar-refractivity contribution in [2.24, 2.45) is 0 Å². The summed E-state index contributed by atoms with van der Waals surface area (Å²) in [7, 11) is 0. The smallest absolute Gasteiger partial charge is 0.287 e. The first-order valence-corrected chi connectivity index (χ1v) is 9.42. The fourth-order valence-electron chi connectivity index (χ4n) is 2.66. The van der Waals surface area contributed by atoms with E-state index in [2.05, 4.69) is 4.98 Å². The fraction of sp³-hybridized carbons (Fsp3) is 0.158. The molecular formula is C19H15ClN2O3S. The molecule has 2 aromatic carbocycles. The molecule has 26 heavy (non-hydrogen) atoms. The van der Waals surface area contributed by atoms with Gasteiger partial charge in [-0.3, -0.25) is 9.36 Å². The third-order valence-corrected chi connectivity index (χ3v) is 5.14. The minimum Gasteiger partial charge on any atom is -0.486 e. The van der Waals surface area contributed by atoms with Crippen LogP contribution in [0.5, 0.6) is 11.5 Å². The Labute approximate surface area is 159 Å². The van der Waals surface area contributed by atoms with E-state index in [1.165, 1.54) is 11.8 Å². The summed E-state index contributed by atoms with van der Waals surface area (Å²) < 4.78 is 12.7. The summed E-state index contributed by atoms with van der Waals surface area (Å²) in [4.78, 5) is 17.0. The van der Waals surface area contributed by atoms with E-state index in [4.69, 9.17) is 21.1 Å². The second-order valence-corrected chi connectivity index (χ2v) is 7.05. The molecule has 0 fully saturated rings. The zero-order valence-corrected chi connectivity index (χ0v) is 15.3. The molecular weight excluding hydrogens is 372 g/mol. The van der Waals surface area contributed by atoms with E-state index in [-0.39, 0.29) is 5.56 Å². The molecule has 0 amide bonds. The molecule has 4 rings (SSSR count). The average molecular weight is 387 g/mol. The molecule has 0 saturated heterocycles. The van der Waals surface area contributed by atoms with E-state index < -0.39 is 0 Å². The first-order chi connectivity index (χ1) is 12.7. The second-order valence-electron chi connectivity index (χ2n) is 5.65. The molecule has 1 aliphatic rings. The van der Waals surface area contributed by atoms with Gasteiger partial charge in [0.2, 0.25) is 0 Å². The van der Waals surface area contributed by atoms with E-state index in [0.717, 1.165) is 5.56 Å². The van der Waals surface area contributed by atoms with Crippen molar-refractivity contribution in [2.45, 2.75) is 10.8 Å².